The van der Waals surface area contributed by atoms with Crippen LogP contribution in [0.5, 0.6) is 0 Å². The zero-order valence-corrected chi connectivity index (χ0v) is 19.8. The quantitative estimate of drug-likeness (QED) is 0.186. The molecule has 0 heterocycles. The van der Waals surface area contributed by atoms with Gasteiger partial charge < -0.3 is 14.6 Å². The third-order valence-electron chi connectivity index (χ3n) is 3.84. The molecule has 4 nitrogen and oxygen atoms in total. The molecule has 0 amide bonds. The fourth-order valence-corrected chi connectivity index (χ4v) is 2.53. The Bertz CT molecular complexity index is 367. The number of carbonyl (C=O) groups excluding carboxylic acids is 2. The number of esters is 1. The standard InChI is InChI=1S/C20H36O4.K/c1-4-5-6-7-8-9-10-11-12-13-18(16-17(2)3)24-20(23)15-14-19(21)22;/h12-13,17-18H,4-11,14-16H2,1-3H3,(H,21,22);/q;+1/p-1. The average Bonchev–Trinajstić information content (AvgIpc) is 2.50. The Hall–Kier alpha value is 0.316. The summed E-state index contributed by atoms with van der Waals surface area (Å²) in [4.78, 5) is 22.0. The van der Waals surface area contributed by atoms with Gasteiger partial charge in [-0.25, -0.2) is 0 Å². The number of aliphatic carboxylic acids is 1. The Morgan fingerprint density at radius 2 is 1.60 bits per heavy atom. The molecule has 0 aromatic rings. The molecule has 0 N–H and O–H groups in total. The number of allylic oxidation sites excluding steroid dienone is 1. The summed E-state index contributed by atoms with van der Waals surface area (Å²) < 4.78 is 5.37. The van der Waals surface area contributed by atoms with Gasteiger partial charge in [0.15, 0.2) is 0 Å². The zero-order valence-electron chi connectivity index (χ0n) is 16.7. The molecule has 0 spiro atoms. The van der Waals surface area contributed by atoms with Crippen molar-refractivity contribution in [2.75, 3.05) is 0 Å². The second kappa shape index (κ2) is 19.1. The van der Waals surface area contributed by atoms with E-state index in [2.05, 4.69) is 26.8 Å². The average molecular weight is 379 g/mol. The summed E-state index contributed by atoms with van der Waals surface area (Å²) in [6.07, 6.45) is 14.1. The van der Waals surface area contributed by atoms with Crippen molar-refractivity contribution < 1.29 is 70.8 Å². The number of rotatable bonds is 15. The molecule has 0 aromatic heterocycles. The number of unbranched alkanes of at least 4 members (excludes halogenated alkanes) is 7. The van der Waals surface area contributed by atoms with Gasteiger partial charge in [0.2, 0.25) is 0 Å². The van der Waals surface area contributed by atoms with Crippen LogP contribution < -0.4 is 56.5 Å². The van der Waals surface area contributed by atoms with Crippen molar-refractivity contribution in [3.63, 3.8) is 0 Å². The second-order valence-corrected chi connectivity index (χ2v) is 6.87. The molecule has 0 aliphatic rings. The summed E-state index contributed by atoms with van der Waals surface area (Å²) in [5.74, 6) is -1.28. The van der Waals surface area contributed by atoms with Crippen molar-refractivity contribution in [2.45, 2.75) is 97.5 Å². The molecular formula is C20H35KO4. The van der Waals surface area contributed by atoms with Gasteiger partial charge in [-0.2, -0.15) is 0 Å². The Labute approximate surface area is 196 Å². The predicted molar refractivity (Wildman–Crippen MR) is 95.3 cm³/mol. The van der Waals surface area contributed by atoms with Crippen LogP contribution in [0.25, 0.3) is 0 Å². The largest absolute Gasteiger partial charge is 1.00 e. The van der Waals surface area contributed by atoms with Crippen molar-refractivity contribution in [3.05, 3.63) is 12.2 Å². The Morgan fingerprint density at radius 3 is 2.16 bits per heavy atom. The molecule has 0 aliphatic carbocycles. The Balaban J connectivity index is 0. The van der Waals surface area contributed by atoms with Gasteiger partial charge in [0.05, 0.1) is 6.42 Å². The molecule has 0 bridgehead atoms. The van der Waals surface area contributed by atoms with E-state index in [9.17, 15) is 14.7 Å². The molecule has 25 heavy (non-hydrogen) atoms. The van der Waals surface area contributed by atoms with Gasteiger partial charge in [0.25, 0.3) is 0 Å². The summed E-state index contributed by atoms with van der Waals surface area (Å²) >= 11 is 0. The molecule has 0 saturated heterocycles. The van der Waals surface area contributed by atoms with Gasteiger partial charge in [-0.3, -0.25) is 4.79 Å². The number of hydrogen-bond donors (Lipinski definition) is 0. The van der Waals surface area contributed by atoms with E-state index in [0.29, 0.717) is 5.92 Å². The van der Waals surface area contributed by atoms with Crippen LogP contribution in [0.15, 0.2) is 12.2 Å². The van der Waals surface area contributed by atoms with Crippen LogP contribution in [-0.2, 0) is 14.3 Å². The van der Waals surface area contributed by atoms with Crippen molar-refractivity contribution in [2.24, 2.45) is 5.92 Å². The van der Waals surface area contributed by atoms with Gasteiger partial charge >= 0.3 is 57.4 Å². The first-order chi connectivity index (χ1) is 11.5. The summed E-state index contributed by atoms with van der Waals surface area (Å²) in [7, 11) is 0. The molecular weight excluding hydrogens is 343 g/mol. The second-order valence-electron chi connectivity index (χ2n) is 6.87. The predicted octanol–water partition coefficient (Wildman–Crippen LogP) is 1.18. The molecule has 0 radical (unpaired) electrons. The van der Waals surface area contributed by atoms with Crippen molar-refractivity contribution >= 4 is 11.9 Å². The molecule has 1 unspecified atom stereocenters. The molecule has 5 heteroatoms. The molecule has 0 fully saturated rings. The molecule has 140 valence electrons. The summed E-state index contributed by atoms with van der Waals surface area (Å²) in [6.45, 7) is 6.38. The first-order valence-electron chi connectivity index (χ1n) is 9.51. The Morgan fingerprint density at radius 1 is 1.00 bits per heavy atom. The van der Waals surface area contributed by atoms with E-state index in [0.717, 1.165) is 19.3 Å². The molecule has 0 rings (SSSR count). The first-order valence-corrected chi connectivity index (χ1v) is 9.51. The fraction of sp³-hybridized carbons (Fsp3) is 0.800. The number of carboxylic acids is 1. The van der Waals surface area contributed by atoms with Crippen LogP contribution in [0.2, 0.25) is 0 Å². The van der Waals surface area contributed by atoms with Crippen molar-refractivity contribution in [3.8, 4) is 0 Å². The van der Waals surface area contributed by atoms with Gasteiger partial charge in [-0.15, -0.1) is 0 Å². The van der Waals surface area contributed by atoms with E-state index in [-0.39, 0.29) is 70.3 Å². The van der Waals surface area contributed by atoms with Gasteiger partial charge in [-0.05, 0) is 37.7 Å². The third kappa shape index (κ3) is 20.5. The van der Waals surface area contributed by atoms with Crippen LogP contribution in [0, 0.1) is 5.92 Å². The topological polar surface area (TPSA) is 66.4 Å². The smallest absolute Gasteiger partial charge is 0.550 e. The number of ether oxygens (including phenoxy) is 1. The van der Waals surface area contributed by atoms with Gasteiger partial charge in [0, 0.05) is 5.97 Å². The van der Waals surface area contributed by atoms with E-state index in [1.165, 1.54) is 38.5 Å². The van der Waals surface area contributed by atoms with Crippen LogP contribution in [0.4, 0.5) is 0 Å². The summed E-state index contributed by atoms with van der Waals surface area (Å²) in [5, 5.41) is 10.4. The normalized spacial score (nSPS) is 12.2. The number of carbonyl (C=O) groups is 2. The van der Waals surface area contributed by atoms with Gasteiger partial charge in [0.1, 0.15) is 6.10 Å². The molecule has 0 saturated carbocycles. The zero-order chi connectivity index (χ0) is 18.2. The van der Waals surface area contributed by atoms with E-state index in [4.69, 9.17) is 4.74 Å². The maximum absolute atomic E-state index is 11.7. The maximum Gasteiger partial charge on any atom is 1.00 e. The van der Waals surface area contributed by atoms with Crippen LogP contribution in [0.1, 0.15) is 91.4 Å². The third-order valence-corrected chi connectivity index (χ3v) is 3.84. The molecule has 0 aliphatic heterocycles. The van der Waals surface area contributed by atoms with Crippen LogP contribution >= 0.6 is 0 Å². The van der Waals surface area contributed by atoms with Crippen LogP contribution in [-0.4, -0.2) is 18.0 Å². The van der Waals surface area contributed by atoms with E-state index in [1.54, 1.807) is 0 Å². The minimum absolute atomic E-state index is 0. The SMILES string of the molecule is CCCCCCCCCC=CC(CC(C)C)OC(=O)CCC(=O)[O-].[K+]. The summed E-state index contributed by atoms with van der Waals surface area (Å²) in [6, 6.07) is 0. The van der Waals surface area contributed by atoms with E-state index in [1.807, 2.05) is 6.08 Å². The van der Waals surface area contributed by atoms with Gasteiger partial charge in [-0.1, -0.05) is 65.4 Å². The number of hydrogen-bond acceptors (Lipinski definition) is 4. The monoisotopic (exact) mass is 378 g/mol. The first kappa shape index (κ1) is 27.5. The molecule has 1 atom stereocenters. The minimum atomic E-state index is -1.22. The summed E-state index contributed by atoms with van der Waals surface area (Å²) in [5.41, 5.74) is 0. The van der Waals surface area contributed by atoms with E-state index >= 15 is 0 Å². The van der Waals surface area contributed by atoms with Crippen molar-refractivity contribution in [1.29, 1.82) is 0 Å². The molecule has 0 aromatic carbocycles. The van der Waals surface area contributed by atoms with Crippen LogP contribution in [0.3, 0.4) is 0 Å². The van der Waals surface area contributed by atoms with Crippen molar-refractivity contribution in [1.82, 2.24) is 0 Å². The van der Waals surface area contributed by atoms with E-state index < -0.39 is 11.9 Å². The fourth-order valence-electron chi connectivity index (χ4n) is 2.53. The minimum Gasteiger partial charge on any atom is -0.550 e. The Kier molecular flexibility index (Phi) is 21.0. The number of carboxylic acid groups (broad SMARTS) is 1. The maximum atomic E-state index is 11.7.